The first kappa shape index (κ1) is 54.0. The number of fused-ring (bicyclic) bond motifs is 1. The molecule has 0 bridgehead atoms. The molecule has 1 saturated carbocycles. The first-order chi connectivity index (χ1) is 31.0. The number of nitrogens with zero attached hydrogens (tertiary/aromatic N) is 6. The highest BCUT2D eigenvalue weighted by molar-refractivity contribution is 6.10. The molecule has 1 fully saturated rings. The number of rotatable bonds is 23. The molecule has 3 atom stereocenters. The third kappa shape index (κ3) is 16.2. The number of carbonyl (C=O) groups is 4. The zero-order chi connectivity index (χ0) is 47.4. The number of aliphatic imine (C=N–C) groups is 1. The molecule has 4 aromatic rings. The summed E-state index contributed by atoms with van der Waals surface area (Å²) in [6.45, 7) is 6.93. The molecule has 16 nitrogen and oxygen atoms in total. The fourth-order valence-electron chi connectivity index (χ4n) is 6.59. The first-order valence-electron chi connectivity index (χ1n) is 21.6. The summed E-state index contributed by atoms with van der Waals surface area (Å²) in [5, 5.41) is 16.2. The molecule has 64 heavy (non-hydrogen) atoms. The van der Waals surface area contributed by atoms with Crippen LogP contribution in [0.25, 0.3) is 22.9 Å². The lowest BCUT2D eigenvalue weighted by Crippen LogP contribution is -2.28. The maximum Gasteiger partial charge on any atom is 0.329 e. The number of halogens is 1. The Labute approximate surface area is 376 Å². The molecule has 1 aliphatic rings. The van der Waals surface area contributed by atoms with Gasteiger partial charge in [0.05, 0.1) is 40.7 Å². The zero-order valence-electron chi connectivity index (χ0n) is 38.5. The molecule has 0 radical (unpaired) electrons. The molecule has 5 rings (SSSR count). The number of alkyl halides is 1. The van der Waals surface area contributed by atoms with Crippen LogP contribution in [-0.2, 0) is 16.6 Å². The fourth-order valence-corrected chi connectivity index (χ4v) is 6.59. The number of aldehydes is 4. The molecule has 3 heterocycles. The highest BCUT2D eigenvalue weighted by Gasteiger charge is 2.35. The van der Waals surface area contributed by atoms with Gasteiger partial charge >= 0.3 is 5.69 Å². The summed E-state index contributed by atoms with van der Waals surface area (Å²) >= 11 is 0. The van der Waals surface area contributed by atoms with Gasteiger partial charge in [-0.05, 0) is 116 Å². The lowest BCUT2D eigenvalue weighted by Gasteiger charge is -2.13. The van der Waals surface area contributed by atoms with Crippen molar-refractivity contribution in [2.45, 2.75) is 89.4 Å². The Bertz CT molecular complexity index is 2220. The first-order valence-corrected chi connectivity index (χ1v) is 21.6. The van der Waals surface area contributed by atoms with Crippen molar-refractivity contribution in [2.24, 2.45) is 17.8 Å². The maximum atomic E-state index is 12.9. The van der Waals surface area contributed by atoms with Crippen LogP contribution in [-0.4, -0.2) is 109 Å². The van der Waals surface area contributed by atoms with E-state index in [2.05, 4.69) is 42.9 Å². The van der Waals surface area contributed by atoms with Crippen molar-refractivity contribution in [2.75, 3.05) is 47.1 Å². The van der Waals surface area contributed by atoms with Gasteiger partial charge in [0, 0.05) is 50.1 Å². The van der Waals surface area contributed by atoms with E-state index in [9.17, 15) is 28.4 Å². The van der Waals surface area contributed by atoms with Crippen LogP contribution in [0, 0.1) is 0 Å². The van der Waals surface area contributed by atoms with Crippen LogP contribution >= 0.6 is 0 Å². The van der Waals surface area contributed by atoms with Crippen LogP contribution in [0.1, 0.15) is 115 Å². The van der Waals surface area contributed by atoms with Gasteiger partial charge in [-0.15, -0.1) is 0 Å². The molecule has 6 N–H and O–H groups in total. The van der Waals surface area contributed by atoms with E-state index < -0.39 is 12.2 Å². The predicted molar refractivity (Wildman–Crippen MR) is 257 cm³/mol. The van der Waals surface area contributed by atoms with E-state index in [4.69, 9.17) is 5.73 Å². The van der Waals surface area contributed by atoms with Gasteiger partial charge in [0.25, 0.3) is 0 Å². The minimum atomic E-state index is -0.656. The Morgan fingerprint density at radius 1 is 1.02 bits per heavy atom. The van der Waals surface area contributed by atoms with Gasteiger partial charge < -0.3 is 36.6 Å². The number of nitrogens with one attached hydrogen (secondary N) is 4. The molecule has 0 spiro atoms. The topological polar surface area (TPSA) is 212 Å². The maximum absolute atomic E-state index is 12.9. The second-order valence-electron chi connectivity index (χ2n) is 14.9. The van der Waals surface area contributed by atoms with E-state index in [1.807, 2.05) is 34.1 Å². The van der Waals surface area contributed by atoms with E-state index in [0.29, 0.717) is 57.9 Å². The van der Waals surface area contributed by atoms with Gasteiger partial charge in [0.15, 0.2) is 11.9 Å². The SMILES string of the molecule is C=Cc1c(/C(=C\C)CCCCCCCCNC)n(C)c(=O)n1C(C=O)CCC=O.CNC.CN[C@@H]1C[C@@H]1F.CNc1cc(/C(C=Nc2ccc(C=O)cc2)=C/N)nn2c(C=O)cnc12. The number of aromatic nitrogens is 5. The number of anilines is 1. The molecule has 348 valence electrons. The fraction of sp³-hybridized carbons (Fsp3) is 0.447. The summed E-state index contributed by atoms with van der Waals surface area (Å²) < 4.78 is 16.2. The molecule has 0 aliphatic heterocycles. The number of allylic oxidation sites excluding steroid dienone is 3. The molecule has 1 aromatic carbocycles. The predicted octanol–water partition coefficient (Wildman–Crippen LogP) is 6.15. The van der Waals surface area contributed by atoms with Gasteiger partial charge in [-0.2, -0.15) is 5.10 Å². The summed E-state index contributed by atoms with van der Waals surface area (Å²) in [4.78, 5) is 65.6. The van der Waals surface area contributed by atoms with Crippen LogP contribution in [0.15, 0.2) is 65.2 Å². The minimum Gasteiger partial charge on any atom is -0.404 e. The third-order valence-corrected chi connectivity index (χ3v) is 10.2. The smallest absolute Gasteiger partial charge is 0.329 e. The van der Waals surface area contributed by atoms with Crippen molar-refractivity contribution in [3.8, 4) is 0 Å². The van der Waals surface area contributed by atoms with Crippen LogP contribution in [0.3, 0.4) is 0 Å². The molecular weight excluding hydrogens is 818 g/mol. The van der Waals surface area contributed by atoms with Crippen molar-refractivity contribution in [1.29, 1.82) is 0 Å². The zero-order valence-corrected chi connectivity index (χ0v) is 38.5. The Morgan fingerprint density at radius 2 is 1.67 bits per heavy atom. The Hall–Kier alpha value is -6.17. The monoisotopic (exact) mass is 886 g/mol. The number of unbranched alkanes of at least 4 members (excludes halogenated alkanes) is 5. The van der Waals surface area contributed by atoms with E-state index >= 15 is 0 Å². The molecule has 1 aliphatic carbocycles. The lowest BCUT2D eigenvalue weighted by molar-refractivity contribution is -0.111. The molecule has 3 aromatic heterocycles. The number of benzene rings is 1. The normalized spacial score (nSPS) is 14.9. The van der Waals surface area contributed by atoms with E-state index in [1.165, 1.54) is 47.2 Å². The summed E-state index contributed by atoms with van der Waals surface area (Å²) in [5.41, 5.74) is 12.0. The van der Waals surface area contributed by atoms with Crippen LogP contribution in [0.4, 0.5) is 15.8 Å². The van der Waals surface area contributed by atoms with Gasteiger partial charge in [-0.1, -0.05) is 38.3 Å². The largest absolute Gasteiger partial charge is 0.404 e. The van der Waals surface area contributed by atoms with E-state index in [-0.39, 0.29) is 18.2 Å². The minimum absolute atomic E-state index is 0.185. The van der Waals surface area contributed by atoms with Crippen LogP contribution in [0.2, 0.25) is 0 Å². The third-order valence-electron chi connectivity index (χ3n) is 10.2. The number of carbonyl (C=O) groups excluding carboxylic acids is 4. The highest BCUT2D eigenvalue weighted by Crippen LogP contribution is 2.28. The van der Waals surface area contributed by atoms with Gasteiger partial charge in [0.1, 0.15) is 30.7 Å². The van der Waals surface area contributed by atoms with Crippen molar-refractivity contribution in [3.63, 3.8) is 0 Å². The molecule has 0 amide bonds. The molecule has 0 saturated heterocycles. The second kappa shape index (κ2) is 30.0. The second-order valence-corrected chi connectivity index (χ2v) is 14.9. The number of nitrogens with two attached hydrogens (primary N) is 1. The van der Waals surface area contributed by atoms with Gasteiger partial charge in [-0.25, -0.2) is 18.7 Å². The van der Waals surface area contributed by atoms with Crippen LogP contribution < -0.4 is 32.7 Å². The highest BCUT2D eigenvalue weighted by atomic mass is 19.1. The van der Waals surface area contributed by atoms with Crippen molar-refractivity contribution < 1.29 is 23.6 Å². The summed E-state index contributed by atoms with van der Waals surface area (Å²) in [6.07, 6.45) is 19.8. The Kier molecular flexibility index (Phi) is 25.3. The average Bonchev–Trinajstić information content (AvgIpc) is 3.79. The summed E-state index contributed by atoms with van der Waals surface area (Å²) in [7, 11) is 11.0. The number of hydrogen-bond acceptors (Lipinski definition) is 13. The molecular formula is C47H68FN11O5. The number of hydrogen-bond donors (Lipinski definition) is 5. The van der Waals surface area contributed by atoms with Crippen molar-refractivity contribution in [3.05, 3.63) is 94.2 Å². The standard InChI is InChI=1S/C23H37N3O3.C18H16N6O2.C4H8FN.C2H7N/c1-5-19(14-11-9-7-8-10-12-16-24-3)22-21(6-2)26(23(29)25(22)4)20(18-28)15-13-17-27;1-20-17-6-16(23-24-15(11-26)9-22-18(17)24)13(7-19)8-21-14-4-2-12(10-25)3-5-14;1-6-4-2-3(4)5;1-3-2/h5-6,17-18,20,24H,2,7-16H2,1,3-4H3;2-11,20H,19H2,1H3;3-4,6H,2H2,1H3;3H,1-2H3/b19-5-;13-7+,21-8?;;/t;;3-,4+;/m..0./s1. The average molecular weight is 886 g/mol. The number of imidazole rings is 2. The Morgan fingerprint density at radius 3 is 2.17 bits per heavy atom. The van der Waals surface area contributed by atoms with Crippen LogP contribution in [0.5, 0.6) is 0 Å². The molecule has 1 unspecified atom stereocenters. The van der Waals surface area contributed by atoms with Crippen molar-refractivity contribution in [1.82, 2.24) is 39.7 Å². The van der Waals surface area contributed by atoms with Gasteiger partial charge in [-0.3, -0.25) is 23.7 Å². The van der Waals surface area contributed by atoms with Crippen molar-refractivity contribution >= 4 is 65.6 Å². The summed E-state index contributed by atoms with van der Waals surface area (Å²) in [5.74, 6) is 0. The Balaban J connectivity index is 0.000000369. The van der Waals surface area contributed by atoms with E-state index in [0.717, 1.165) is 62.4 Å². The summed E-state index contributed by atoms with van der Waals surface area (Å²) in [6, 6.07) is 8.11. The molecule has 17 heteroatoms. The quantitative estimate of drug-likeness (QED) is 0.0323. The van der Waals surface area contributed by atoms with Gasteiger partial charge in [0.2, 0.25) is 0 Å². The lowest BCUT2D eigenvalue weighted by atomic mass is 10.0. The van der Waals surface area contributed by atoms with E-state index in [1.54, 1.807) is 68.3 Å².